The number of halogens is 6. The van der Waals surface area contributed by atoms with Gasteiger partial charge >= 0.3 is 16.2 Å². The molecule has 9 heteroatoms. The Hall–Kier alpha value is -1.02. The lowest BCUT2D eigenvalue weighted by Gasteiger charge is -2.41. The molecule has 0 spiro atoms. The molecule has 0 radical (unpaired) electrons. The van der Waals surface area contributed by atoms with Gasteiger partial charge in [-0.3, -0.25) is 4.79 Å². The summed E-state index contributed by atoms with van der Waals surface area (Å²) in [5, 5.41) is -1.19. The molecule has 0 heterocycles. The average Bonchev–Trinajstić information content (AvgIpc) is 2.44. The molecule has 1 aliphatic carbocycles. The van der Waals surface area contributed by atoms with Crippen LogP contribution >= 0.6 is 21.8 Å². The molecule has 0 saturated heterocycles. The largest absolute Gasteiger partial charge is 0.426 e. The second-order valence-corrected chi connectivity index (χ2v) is 8.89. The van der Waals surface area contributed by atoms with Gasteiger partial charge in [0, 0.05) is 6.07 Å². The van der Waals surface area contributed by atoms with E-state index in [0.29, 0.717) is 30.9 Å². The number of rotatable bonds is 4. The fourth-order valence-corrected chi connectivity index (χ4v) is 4.22. The molecule has 0 atom stereocenters. The molecule has 138 valence electrons. The van der Waals surface area contributed by atoms with E-state index in [4.69, 9.17) is 16.3 Å². The number of ether oxygens (including phenoxy) is 1. The van der Waals surface area contributed by atoms with Gasteiger partial charge in [0.25, 0.3) is 0 Å². The van der Waals surface area contributed by atoms with Crippen LogP contribution in [0.4, 0.5) is 19.4 Å². The van der Waals surface area contributed by atoms with Gasteiger partial charge in [-0.25, -0.2) is 0 Å². The van der Waals surface area contributed by atoms with Crippen LogP contribution in [0.5, 0.6) is 5.75 Å². The third-order valence-corrected chi connectivity index (χ3v) is 5.91. The Kier molecular flexibility index (Phi) is 4.63. The average molecular weight is 393 g/mol. The highest BCUT2D eigenvalue weighted by Gasteiger charge is 2.66. The van der Waals surface area contributed by atoms with Crippen molar-refractivity contribution in [2.45, 2.75) is 43.9 Å². The van der Waals surface area contributed by atoms with Gasteiger partial charge in [-0.1, -0.05) is 44.4 Å². The first-order chi connectivity index (χ1) is 10.8. The summed E-state index contributed by atoms with van der Waals surface area (Å²) in [5.41, 5.74) is 0. The predicted octanol–water partition coefficient (Wildman–Crippen LogP) is 7.12. The first-order valence-electron chi connectivity index (χ1n) is 7.55. The Balaban J connectivity index is 2.10. The number of hydrogen-bond acceptors (Lipinski definition) is 2. The summed E-state index contributed by atoms with van der Waals surface area (Å²) in [5.74, 6) is -0.601. The highest BCUT2D eigenvalue weighted by Crippen LogP contribution is 3.02. The summed E-state index contributed by atoms with van der Waals surface area (Å²) in [6.45, 7) is 2.08. The number of hydrogen-bond donors (Lipinski definition) is 0. The van der Waals surface area contributed by atoms with Crippen LogP contribution in [0.1, 0.15) is 39.0 Å². The second kappa shape index (κ2) is 5.76. The van der Waals surface area contributed by atoms with Crippen molar-refractivity contribution in [2.75, 3.05) is 0 Å². The molecule has 1 aromatic rings. The van der Waals surface area contributed by atoms with E-state index in [-0.39, 0.29) is 17.7 Å². The van der Waals surface area contributed by atoms with Gasteiger partial charge in [0.05, 0.1) is 10.9 Å². The Morgan fingerprint density at radius 2 is 1.75 bits per heavy atom. The first-order valence-corrected chi connectivity index (χ1v) is 9.88. The van der Waals surface area contributed by atoms with Crippen LogP contribution in [-0.4, -0.2) is 5.97 Å². The van der Waals surface area contributed by atoms with Gasteiger partial charge in [0.2, 0.25) is 0 Å². The Labute approximate surface area is 142 Å². The molecule has 0 N–H and O–H groups in total. The molecular weight excluding hydrogens is 375 g/mol. The van der Waals surface area contributed by atoms with Crippen LogP contribution in [0.3, 0.4) is 0 Å². The van der Waals surface area contributed by atoms with Crippen molar-refractivity contribution in [1.82, 2.24) is 0 Å². The van der Waals surface area contributed by atoms with Crippen LogP contribution in [0, 0.1) is 11.8 Å². The molecule has 1 aromatic carbocycles. The predicted molar refractivity (Wildman–Crippen MR) is 84.2 cm³/mol. The summed E-state index contributed by atoms with van der Waals surface area (Å²) < 4.78 is 68.9. The second-order valence-electron chi connectivity index (χ2n) is 6.11. The summed E-state index contributed by atoms with van der Waals surface area (Å²) in [7, 11) is -9.87. The van der Waals surface area contributed by atoms with Gasteiger partial charge in [-0.2, -0.15) is 0 Å². The van der Waals surface area contributed by atoms with E-state index in [1.165, 1.54) is 0 Å². The van der Waals surface area contributed by atoms with Crippen molar-refractivity contribution in [2.24, 2.45) is 11.8 Å². The maximum absolute atomic E-state index is 12.8. The molecule has 2 nitrogen and oxygen atoms in total. The van der Waals surface area contributed by atoms with Gasteiger partial charge in [0.15, 0.2) is 0 Å². The van der Waals surface area contributed by atoms with Gasteiger partial charge in [0.1, 0.15) is 10.6 Å². The van der Waals surface area contributed by atoms with Crippen molar-refractivity contribution in [3.63, 3.8) is 0 Å². The van der Waals surface area contributed by atoms with Crippen LogP contribution in [0.15, 0.2) is 23.1 Å². The number of esters is 1. The molecule has 0 bridgehead atoms. The summed E-state index contributed by atoms with van der Waals surface area (Å²) in [6, 6.07) is 1.44. The van der Waals surface area contributed by atoms with Crippen LogP contribution in [0.25, 0.3) is 0 Å². The minimum absolute atomic E-state index is 0.153. The Morgan fingerprint density at radius 1 is 1.17 bits per heavy atom. The Bertz CT molecular complexity index is 639. The van der Waals surface area contributed by atoms with Gasteiger partial charge in [-0.05, 0) is 43.7 Å². The third-order valence-electron chi connectivity index (χ3n) is 4.29. The van der Waals surface area contributed by atoms with E-state index >= 15 is 0 Å². The number of benzene rings is 1. The van der Waals surface area contributed by atoms with Crippen LogP contribution < -0.4 is 4.74 Å². The Morgan fingerprint density at radius 3 is 2.21 bits per heavy atom. The highest BCUT2D eigenvalue weighted by molar-refractivity contribution is 8.45. The summed E-state index contributed by atoms with van der Waals surface area (Å²) in [6.07, 6.45) is 4.11. The molecular formula is C15H18ClF5O2S. The molecule has 0 aromatic heterocycles. The zero-order chi connectivity index (χ0) is 18.2. The van der Waals surface area contributed by atoms with E-state index in [2.05, 4.69) is 6.92 Å². The highest BCUT2D eigenvalue weighted by atomic mass is 35.5. The number of carbonyl (C=O) groups is 1. The van der Waals surface area contributed by atoms with E-state index in [9.17, 15) is 24.2 Å². The van der Waals surface area contributed by atoms with Gasteiger partial charge < -0.3 is 4.74 Å². The lowest BCUT2D eigenvalue weighted by Crippen LogP contribution is -2.25. The van der Waals surface area contributed by atoms with Gasteiger partial charge in [-0.15, -0.1) is 0 Å². The molecule has 2 rings (SSSR count). The monoisotopic (exact) mass is 392 g/mol. The van der Waals surface area contributed by atoms with Crippen LogP contribution in [-0.2, 0) is 4.79 Å². The SMILES string of the molecule is CC[C@H]1CC[C@H](C(=O)Oc2ccc(S(F)(F)(F)(F)F)c(Cl)c2)CC1. The van der Waals surface area contributed by atoms with E-state index in [0.717, 1.165) is 19.3 Å². The van der Waals surface area contributed by atoms with Crippen molar-refractivity contribution < 1.29 is 29.0 Å². The molecule has 24 heavy (non-hydrogen) atoms. The maximum Gasteiger partial charge on any atom is 0.314 e. The zero-order valence-electron chi connectivity index (χ0n) is 12.9. The fourth-order valence-electron chi connectivity index (χ4n) is 2.86. The van der Waals surface area contributed by atoms with Crippen molar-refractivity contribution in [3.8, 4) is 5.75 Å². The standard InChI is InChI=1S/C15H18ClF5O2S/c1-2-10-3-5-11(6-4-10)15(22)23-12-7-8-14(13(16)9-12)24(17,18,19,20)21/h7-11H,2-6H2,1H3/t10-,11-. The van der Waals surface area contributed by atoms with Crippen molar-refractivity contribution in [3.05, 3.63) is 23.2 Å². The van der Waals surface area contributed by atoms with Crippen LogP contribution in [0.2, 0.25) is 5.02 Å². The first kappa shape index (κ1) is 19.3. The molecule has 1 saturated carbocycles. The normalized spacial score (nSPS) is 24.8. The molecule has 0 aliphatic heterocycles. The quantitative estimate of drug-likeness (QED) is 0.310. The minimum atomic E-state index is -9.87. The van der Waals surface area contributed by atoms with Crippen molar-refractivity contribution in [1.29, 1.82) is 0 Å². The minimum Gasteiger partial charge on any atom is -0.426 e. The summed E-state index contributed by atoms with van der Waals surface area (Å²) in [4.78, 5) is 9.87. The maximum atomic E-state index is 12.8. The fraction of sp³-hybridized carbons (Fsp3) is 0.533. The van der Waals surface area contributed by atoms with E-state index in [1.807, 2.05) is 0 Å². The van der Waals surface area contributed by atoms with Crippen molar-refractivity contribution >= 4 is 27.8 Å². The molecule has 1 fully saturated rings. The summed E-state index contributed by atoms with van der Waals surface area (Å²) >= 11 is 5.34. The molecule has 0 amide bonds. The third kappa shape index (κ3) is 4.75. The lowest BCUT2D eigenvalue weighted by atomic mass is 9.81. The lowest BCUT2D eigenvalue weighted by molar-refractivity contribution is -0.140. The topological polar surface area (TPSA) is 26.3 Å². The molecule has 1 aliphatic rings. The smallest absolute Gasteiger partial charge is 0.314 e. The van der Waals surface area contributed by atoms with E-state index < -0.39 is 26.1 Å². The number of carbonyl (C=O) groups excluding carboxylic acids is 1. The zero-order valence-corrected chi connectivity index (χ0v) is 14.5. The molecule has 0 unspecified atom stereocenters. The van der Waals surface area contributed by atoms with E-state index in [1.54, 1.807) is 0 Å².